The van der Waals surface area contributed by atoms with E-state index < -0.39 is 5.97 Å². The Bertz CT molecular complexity index is 245. The van der Waals surface area contributed by atoms with Gasteiger partial charge < -0.3 is 9.52 Å². The molecule has 5 heteroatoms. The number of aromatic nitrogens is 1. The molecule has 0 unspecified atom stereocenters. The third-order valence-electron chi connectivity index (χ3n) is 0.939. The molecule has 0 fully saturated rings. The van der Waals surface area contributed by atoms with E-state index in [9.17, 15) is 4.79 Å². The number of carbonyl (C=O) groups is 1. The lowest BCUT2D eigenvalue weighted by molar-refractivity contribution is 0.0661. The molecule has 1 rings (SSSR count). The highest BCUT2D eigenvalue weighted by Gasteiger charge is 2.07. The lowest BCUT2D eigenvalue weighted by Crippen LogP contribution is -1.91. The van der Waals surface area contributed by atoms with Crippen LogP contribution in [0.1, 0.15) is 16.4 Å². The van der Waals surface area contributed by atoms with Crippen LogP contribution in [-0.4, -0.2) is 23.9 Å². The number of rotatable bonds is 2. The van der Waals surface area contributed by atoms with Gasteiger partial charge in [0.05, 0.1) is 14.0 Å². The molecule has 0 aromatic carbocycles. The van der Waals surface area contributed by atoms with Gasteiger partial charge in [-0.1, -0.05) is 0 Å². The summed E-state index contributed by atoms with van der Waals surface area (Å²) < 4.78 is 4.66. The lowest BCUT2D eigenvalue weighted by atomic mass is 10.1. The number of aromatic carboxylic acids is 1. The molecule has 0 aliphatic carbocycles. The largest absolute Gasteiger partial charge is 0.475 e. The van der Waals surface area contributed by atoms with Crippen molar-refractivity contribution in [2.24, 2.45) is 0 Å². The van der Waals surface area contributed by atoms with E-state index in [4.69, 9.17) is 13.0 Å². The Hall–Kier alpha value is -1.26. The molecule has 0 amide bonds. The summed E-state index contributed by atoms with van der Waals surface area (Å²) in [5, 5.41) is 8.32. The van der Waals surface area contributed by atoms with Crippen LogP contribution < -0.4 is 0 Å². The second-order valence-electron chi connectivity index (χ2n) is 1.63. The molecular weight excluding hydrogens is 133 g/mol. The third kappa shape index (κ3) is 1.18. The number of carboxylic acid groups (broad SMARTS) is 1. The summed E-state index contributed by atoms with van der Waals surface area (Å²) in [7, 11) is 5.11. The topological polar surface area (TPSA) is 63.3 Å². The van der Waals surface area contributed by atoms with Crippen LogP contribution in [0.15, 0.2) is 10.6 Å². The van der Waals surface area contributed by atoms with Crippen LogP contribution in [0.5, 0.6) is 0 Å². The second kappa shape index (κ2) is 2.55. The minimum Gasteiger partial charge on any atom is -0.475 e. The van der Waals surface area contributed by atoms with Crippen LogP contribution in [0.2, 0.25) is 0 Å². The van der Waals surface area contributed by atoms with Crippen LogP contribution >= 0.6 is 0 Å². The zero-order valence-corrected chi connectivity index (χ0v) is 5.07. The van der Waals surface area contributed by atoms with Crippen LogP contribution in [0.4, 0.5) is 0 Å². The van der Waals surface area contributed by atoms with E-state index >= 15 is 0 Å². The van der Waals surface area contributed by atoms with Gasteiger partial charge in [0, 0.05) is 0 Å². The van der Waals surface area contributed by atoms with Crippen molar-refractivity contribution < 1.29 is 14.3 Å². The van der Waals surface area contributed by atoms with E-state index in [0.717, 1.165) is 6.20 Å². The fourth-order valence-electron chi connectivity index (χ4n) is 0.503. The number of hydrogen-bond acceptors (Lipinski definition) is 3. The standard InChI is InChI=1S/C5H4BNO3/c6-1-4-7-2-3(10-4)5(8)9/h2H,1H2,(H,8,9). The van der Waals surface area contributed by atoms with Crippen molar-refractivity contribution in [1.82, 2.24) is 4.98 Å². The number of hydrogen-bond donors (Lipinski definition) is 1. The highest BCUT2D eigenvalue weighted by atomic mass is 16.4. The average Bonchev–Trinajstić information content (AvgIpc) is 2.34. The molecule has 50 valence electrons. The van der Waals surface area contributed by atoms with Crippen molar-refractivity contribution in [2.45, 2.75) is 6.32 Å². The molecule has 4 nitrogen and oxygen atoms in total. The molecule has 0 aliphatic rings. The second-order valence-corrected chi connectivity index (χ2v) is 1.63. The van der Waals surface area contributed by atoms with Gasteiger partial charge in [0.15, 0.2) is 5.89 Å². The van der Waals surface area contributed by atoms with E-state index in [1.807, 2.05) is 0 Å². The van der Waals surface area contributed by atoms with Gasteiger partial charge in [-0.05, 0) is 6.32 Å². The number of carboxylic acids is 1. The first kappa shape index (κ1) is 6.86. The number of nitrogens with zero attached hydrogens (tertiary/aromatic N) is 1. The Labute approximate surface area is 58.3 Å². The van der Waals surface area contributed by atoms with E-state index in [2.05, 4.69) is 9.40 Å². The predicted molar refractivity (Wildman–Crippen MR) is 32.9 cm³/mol. The van der Waals surface area contributed by atoms with E-state index in [1.54, 1.807) is 0 Å². The molecule has 0 saturated heterocycles. The zero-order chi connectivity index (χ0) is 7.56. The van der Waals surface area contributed by atoms with Gasteiger partial charge in [-0.25, -0.2) is 9.78 Å². The Balaban J connectivity index is 2.88. The van der Waals surface area contributed by atoms with Gasteiger partial charge in [0.2, 0.25) is 5.76 Å². The maximum Gasteiger partial charge on any atom is 0.373 e. The van der Waals surface area contributed by atoms with Crippen molar-refractivity contribution >= 4 is 13.8 Å². The van der Waals surface area contributed by atoms with Crippen molar-refractivity contribution in [2.75, 3.05) is 0 Å². The Morgan fingerprint density at radius 1 is 1.90 bits per heavy atom. The summed E-state index contributed by atoms with van der Waals surface area (Å²) >= 11 is 0. The molecule has 10 heavy (non-hydrogen) atoms. The van der Waals surface area contributed by atoms with E-state index in [1.165, 1.54) is 0 Å². The minimum absolute atomic E-state index is 0.118. The van der Waals surface area contributed by atoms with Gasteiger partial charge in [-0.3, -0.25) is 0 Å². The maximum atomic E-state index is 10.2. The van der Waals surface area contributed by atoms with E-state index in [0.29, 0.717) is 0 Å². The van der Waals surface area contributed by atoms with Crippen molar-refractivity contribution in [3.63, 3.8) is 0 Å². The maximum absolute atomic E-state index is 10.2. The fraction of sp³-hybridized carbons (Fsp3) is 0.200. The van der Waals surface area contributed by atoms with Gasteiger partial charge in [-0.15, -0.1) is 0 Å². The quantitative estimate of drug-likeness (QED) is 0.584. The molecule has 0 aliphatic heterocycles. The highest BCUT2D eigenvalue weighted by Crippen LogP contribution is 2.01. The van der Waals surface area contributed by atoms with Gasteiger partial charge in [0.1, 0.15) is 0 Å². The molecule has 0 saturated carbocycles. The predicted octanol–water partition coefficient (Wildman–Crippen LogP) is 0.0413. The zero-order valence-electron chi connectivity index (χ0n) is 5.07. The molecule has 0 spiro atoms. The minimum atomic E-state index is -1.13. The monoisotopic (exact) mass is 137 g/mol. The molecule has 0 atom stereocenters. The van der Waals surface area contributed by atoms with E-state index in [-0.39, 0.29) is 18.0 Å². The molecule has 1 aromatic heterocycles. The van der Waals surface area contributed by atoms with Gasteiger partial charge >= 0.3 is 5.97 Å². The van der Waals surface area contributed by atoms with Gasteiger partial charge in [0.25, 0.3) is 0 Å². The first-order chi connectivity index (χ1) is 4.74. The van der Waals surface area contributed by atoms with Gasteiger partial charge in [-0.2, -0.15) is 0 Å². The van der Waals surface area contributed by atoms with Crippen LogP contribution in [0.3, 0.4) is 0 Å². The fourth-order valence-corrected chi connectivity index (χ4v) is 0.503. The molecule has 0 bridgehead atoms. The molecule has 1 heterocycles. The highest BCUT2D eigenvalue weighted by molar-refractivity contribution is 6.07. The van der Waals surface area contributed by atoms with Crippen LogP contribution in [0, 0.1) is 0 Å². The summed E-state index contributed by atoms with van der Waals surface area (Å²) in [6, 6.07) is 0. The normalized spacial score (nSPS) is 9.60. The summed E-state index contributed by atoms with van der Waals surface area (Å²) in [4.78, 5) is 13.7. The Kier molecular flexibility index (Phi) is 1.75. The summed E-state index contributed by atoms with van der Waals surface area (Å²) in [6.45, 7) is 0. The number of oxazole rings is 1. The first-order valence-electron chi connectivity index (χ1n) is 2.62. The molecule has 1 aromatic rings. The summed E-state index contributed by atoms with van der Waals surface area (Å²) in [6.07, 6.45) is 1.25. The average molecular weight is 137 g/mol. The Morgan fingerprint density at radius 3 is 2.90 bits per heavy atom. The van der Waals surface area contributed by atoms with Crippen LogP contribution in [-0.2, 0) is 6.32 Å². The van der Waals surface area contributed by atoms with Crippen molar-refractivity contribution in [1.29, 1.82) is 0 Å². The first-order valence-corrected chi connectivity index (χ1v) is 2.62. The van der Waals surface area contributed by atoms with Crippen molar-refractivity contribution in [3.05, 3.63) is 17.8 Å². The lowest BCUT2D eigenvalue weighted by Gasteiger charge is -1.83. The summed E-state index contributed by atoms with van der Waals surface area (Å²) in [5.41, 5.74) is 0. The van der Waals surface area contributed by atoms with Crippen molar-refractivity contribution in [3.8, 4) is 0 Å². The summed E-state index contributed by atoms with van der Waals surface area (Å²) in [5.74, 6) is -1.08. The SMILES string of the molecule is [B]Cc1ncc(C(=O)O)o1. The van der Waals surface area contributed by atoms with Crippen LogP contribution in [0.25, 0.3) is 0 Å². The molecule has 2 radical (unpaired) electrons. The third-order valence-corrected chi connectivity index (χ3v) is 0.939. The molecule has 1 N–H and O–H groups in total. The Morgan fingerprint density at radius 2 is 2.60 bits per heavy atom. The smallest absolute Gasteiger partial charge is 0.373 e. The molecular formula is C5H4BNO3.